The normalized spacial score (nSPS) is 12.3. The van der Waals surface area contributed by atoms with Crippen LogP contribution in [0.3, 0.4) is 0 Å². The van der Waals surface area contributed by atoms with E-state index < -0.39 is 34.2 Å². The molecule has 0 atom stereocenters. The number of rotatable bonds is 8. The molecule has 0 aromatic heterocycles. The maximum absolute atomic E-state index is 13.3. The minimum Gasteiger partial charge on any atom is -0.272 e. The molecule has 35 heavy (non-hydrogen) atoms. The lowest BCUT2D eigenvalue weighted by molar-refractivity contribution is -0.137. The number of sulfonamides is 1. The van der Waals surface area contributed by atoms with Gasteiger partial charge in [0, 0.05) is 17.1 Å². The standard InChI is InChI=1S/C24H21ClF3N3O3S/c1-17-9-11-21(12-10-17)35(33,34)31(15-18-5-4-7-20(25)13-18)16-23(32)30-29-14-19-6-2-3-8-22(19)24(26,27)28/h2-14H,15-16H2,1H3,(H,30,32)/b29-14-. The van der Waals surface area contributed by atoms with Crippen LogP contribution in [-0.2, 0) is 27.5 Å². The van der Waals surface area contributed by atoms with Crippen molar-refractivity contribution in [2.45, 2.75) is 24.5 Å². The van der Waals surface area contributed by atoms with Crippen molar-refractivity contribution in [3.8, 4) is 0 Å². The second-order valence-electron chi connectivity index (χ2n) is 7.59. The van der Waals surface area contributed by atoms with Crippen molar-refractivity contribution in [1.82, 2.24) is 9.73 Å². The molecule has 0 spiro atoms. The molecular weight excluding hydrogens is 503 g/mol. The van der Waals surface area contributed by atoms with E-state index >= 15 is 0 Å². The van der Waals surface area contributed by atoms with Crippen LogP contribution in [0.4, 0.5) is 13.2 Å². The molecular formula is C24H21ClF3N3O3S. The minimum atomic E-state index is -4.59. The van der Waals surface area contributed by atoms with Gasteiger partial charge in [-0.05, 0) is 42.8 Å². The van der Waals surface area contributed by atoms with Gasteiger partial charge in [-0.3, -0.25) is 4.79 Å². The SMILES string of the molecule is Cc1ccc(S(=O)(=O)N(CC(=O)N/N=C\c2ccccc2C(F)(F)F)Cc2cccc(Cl)c2)cc1. The Morgan fingerprint density at radius 3 is 2.40 bits per heavy atom. The van der Waals surface area contributed by atoms with E-state index in [1.54, 1.807) is 36.4 Å². The number of hydrogen-bond acceptors (Lipinski definition) is 4. The molecule has 0 unspecified atom stereocenters. The molecule has 0 bridgehead atoms. The summed E-state index contributed by atoms with van der Waals surface area (Å²) in [6.07, 6.45) is -3.74. The number of carbonyl (C=O) groups excluding carboxylic acids is 1. The lowest BCUT2D eigenvalue weighted by Crippen LogP contribution is -2.39. The third kappa shape index (κ3) is 7.14. The lowest BCUT2D eigenvalue weighted by atomic mass is 10.1. The summed E-state index contributed by atoms with van der Waals surface area (Å²) >= 11 is 6.01. The predicted molar refractivity (Wildman–Crippen MR) is 127 cm³/mol. The van der Waals surface area contributed by atoms with Gasteiger partial charge in [0.25, 0.3) is 5.91 Å². The van der Waals surface area contributed by atoms with E-state index in [0.717, 1.165) is 22.1 Å². The van der Waals surface area contributed by atoms with E-state index in [1.165, 1.54) is 30.3 Å². The van der Waals surface area contributed by atoms with E-state index in [0.29, 0.717) is 10.6 Å². The van der Waals surface area contributed by atoms with Crippen LogP contribution in [0.1, 0.15) is 22.3 Å². The third-order valence-electron chi connectivity index (χ3n) is 4.89. The first-order chi connectivity index (χ1) is 16.5. The Kier molecular flexibility index (Phi) is 8.31. The smallest absolute Gasteiger partial charge is 0.272 e. The van der Waals surface area contributed by atoms with Crippen molar-refractivity contribution < 1.29 is 26.4 Å². The molecule has 0 aliphatic rings. The Morgan fingerprint density at radius 2 is 1.74 bits per heavy atom. The van der Waals surface area contributed by atoms with Crippen LogP contribution in [0, 0.1) is 6.92 Å². The van der Waals surface area contributed by atoms with Gasteiger partial charge < -0.3 is 0 Å². The van der Waals surface area contributed by atoms with Gasteiger partial charge in [-0.2, -0.15) is 22.6 Å². The van der Waals surface area contributed by atoms with Crippen LogP contribution in [0.5, 0.6) is 0 Å². The average molecular weight is 524 g/mol. The summed E-state index contributed by atoms with van der Waals surface area (Å²) in [5, 5.41) is 3.99. The average Bonchev–Trinajstić information content (AvgIpc) is 2.78. The van der Waals surface area contributed by atoms with Crippen molar-refractivity contribution in [2.24, 2.45) is 5.10 Å². The summed E-state index contributed by atoms with van der Waals surface area (Å²) in [7, 11) is -4.10. The van der Waals surface area contributed by atoms with Gasteiger partial charge in [0.15, 0.2) is 0 Å². The molecule has 6 nitrogen and oxygen atoms in total. The van der Waals surface area contributed by atoms with Crippen LogP contribution in [0.15, 0.2) is 82.8 Å². The highest BCUT2D eigenvalue weighted by molar-refractivity contribution is 7.89. The summed E-state index contributed by atoms with van der Waals surface area (Å²) in [5.41, 5.74) is 2.34. The fourth-order valence-electron chi connectivity index (χ4n) is 3.16. The van der Waals surface area contributed by atoms with Gasteiger partial charge in [-0.1, -0.05) is 59.6 Å². The Labute approximate surface area is 206 Å². The van der Waals surface area contributed by atoms with Crippen LogP contribution < -0.4 is 5.43 Å². The molecule has 11 heteroatoms. The van der Waals surface area contributed by atoms with Crippen LogP contribution in [0.25, 0.3) is 0 Å². The highest BCUT2D eigenvalue weighted by Gasteiger charge is 2.32. The van der Waals surface area contributed by atoms with E-state index in [2.05, 4.69) is 10.5 Å². The number of halogens is 4. The molecule has 3 aromatic rings. The topological polar surface area (TPSA) is 78.8 Å². The van der Waals surface area contributed by atoms with E-state index in [4.69, 9.17) is 11.6 Å². The van der Waals surface area contributed by atoms with Gasteiger partial charge in [0.1, 0.15) is 0 Å². The van der Waals surface area contributed by atoms with Crippen molar-refractivity contribution in [2.75, 3.05) is 6.54 Å². The number of amides is 1. The largest absolute Gasteiger partial charge is 0.417 e. The van der Waals surface area contributed by atoms with Gasteiger partial charge in [0.2, 0.25) is 10.0 Å². The number of hydrogen-bond donors (Lipinski definition) is 1. The molecule has 0 saturated heterocycles. The Bertz CT molecular complexity index is 1330. The zero-order valence-corrected chi connectivity index (χ0v) is 20.0. The number of aryl methyl sites for hydroxylation is 1. The van der Waals surface area contributed by atoms with Crippen molar-refractivity contribution in [1.29, 1.82) is 0 Å². The predicted octanol–water partition coefficient (Wildman–Crippen LogP) is 5.01. The maximum Gasteiger partial charge on any atom is 0.417 e. The Morgan fingerprint density at radius 1 is 1.06 bits per heavy atom. The Balaban J connectivity index is 1.81. The van der Waals surface area contributed by atoms with Crippen molar-refractivity contribution in [3.63, 3.8) is 0 Å². The molecule has 3 rings (SSSR count). The lowest BCUT2D eigenvalue weighted by Gasteiger charge is -2.21. The fourth-order valence-corrected chi connectivity index (χ4v) is 4.76. The molecule has 0 radical (unpaired) electrons. The van der Waals surface area contributed by atoms with Gasteiger partial charge in [-0.25, -0.2) is 13.8 Å². The second kappa shape index (κ2) is 11.0. The highest BCUT2D eigenvalue weighted by atomic mass is 35.5. The van der Waals surface area contributed by atoms with E-state index in [-0.39, 0.29) is 17.0 Å². The van der Waals surface area contributed by atoms with Crippen LogP contribution in [-0.4, -0.2) is 31.4 Å². The molecule has 0 saturated carbocycles. The zero-order valence-electron chi connectivity index (χ0n) is 18.5. The first-order valence-electron chi connectivity index (χ1n) is 10.3. The number of alkyl halides is 3. The molecule has 1 amide bonds. The number of hydrazone groups is 1. The fraction of sp³-hybridized carbons (Fsp3) is 0.167. The summed E-state index contributed by atoms with van der Waals surface area (Å²) in [6.45, 7) is 1.02. The molecule has 184 valence electrons. The third-order valence-corrected chi connectivity index (χ3v) is 6.93. The monoisotopic (exact) mass is 523 g/mol. The number of carbonyl (C=O) groups is 1. The summed E-state index contributed by atoms with van der Waals surface area (Å²) in [4.78, 5) is 12.5. The minimum absolute atomic E-state index is 0.0134. The van der Waals surface area contributed by atoms with E-state index in [1.807, 2.05) is 6.92 Å². The van der Waals surface area contributed by atoms with Crippen molar-refractivity contribution in [3.05, 3.63) is 100 Å². The Hall–Kier alpha value is -3.21. The molecule has 1 N–H and O–H groups in total. The molecule has 3 aromatic carbocycles. The molecule has 0 aliphatic carbocycles. The highest BCUT2D eigenvalue weighted by Crippen LogP contribution is 2.31. The first-order valence-corrected chi connectivity index (χ1v) is 12.1. The van der Waals surface area contributed by atoms with E-state index in [9.17, 15) is 26.4 Å². The first kappa shape index (κ1) is 26.4. The molecule has 0 fully saturated rings. The summed E-state index contributed by atoms with van der Waals surface area (Å²) < 4.78 is 66.9. The number of nitrogens with one attached hydrogen (secondary N) is 1. The number of benzene rings is 3. The zero-order chi connectivity index (χ0) is 25.6. The summed E-state index contributed by atoms with van der Waals surface area (Å²) in [6, 6.07) is 17.4. The summed E-state index contributed by atoms with van der Waals surface area (Å²) in [5.74, 6) is -0.830. The maximum atomic E-state index is 13.3. The van der Waals surface area contributed by atoms with Gasteiger partial charge >= 0.3 is 6.18 Å². The quantitative estimate of drug-likeness (QED) is 0.333. The van der Waals surface area contributed by atoms with Crippen molar-refractivity contribution >= 4 is 33.7 Å². The molecule has 0 heterocycles. The van der Waals surface area contributed by atoms with Crippen LogP contribution in [0.2, 0.25) is 5.02 Å². The van der Waals surface area contributed by atoms with Gasteiger partial charge in [-0.15, -0.1) is 0 Å². The van der Waals surface area contributed by atoms with Gasteiger partial charge in [0.05, 0.1) is 23.2 Å². The van der Waals surface area contributed by atoms with Crippen LogP contribution >= 0.6 is 11.6 Å². The molecule has 0 aliphatic heterocycles. The number of nitrogens with zero attached hydrogens (tertiary/aromatic N) is 2. The second-order valence-corrected chi connectivity index (χ2v) is 9.97.